The Hall–Kier alpha value is -0.800. The molecule has 0 aliphatic carbocycles. The molecule has 0 fully saturated rings. The van der Waals surface area contributed by atoms with Gasteiger partial charge in [-0.25, -0.2) is 0 Å². The van der Waals surface area contributed by atoms with Gasteiger partial charge in [-0.2, -0.15) is 0 Å². The van der Waals surface area contributed by atoms with Crippen LogP contribution in [0.1, 0.15) is 32.3 Å². The molecule has 0 radical (unpaired) electrons. The molecular formula is C13H23NO2. The predicted molar refractivity (Wildman–Crippen MR) is 65.1 cm³/mol. The second kappa shape index (κ2) is 6.06. The molecule has 16 heavy (non-hydrogen) atoms. The zero-order chi connectivity index (χ0) is 12.0. The minimum atomic E-state index is 0.00718. The first kappa shape index (κ1) is 13.3. The van der Waals surface area contributed by atoms with Crippen molar-refractivity contribution >= 4 is 0 Å². The molecule has 0 saturated heterocycles. The molecule has 0 amide bonds. The molecule has 1 N–H and O–H groups in total. The van der Waals surface area contributed by atoms with E-state index < -0.39 is 0 Å². The number of aliphatic hydroxyl groups is 1. The highest BCUT2D eigenvalue weighted by atomic mass is 16.3. The van der Waals surface area contributed by atoms with Crippen molar-refractivity contribution in [3.8, 4) is 0 Å². The topological polar surface area (TPSA) is 36.6 Å². The Morgan fingerprint density at radius 2 is 2.25 bits per heavy atom. The summed E-state index contributed by atoms with van der Waals surface area (Å²) in [6.07, 6.45) is 5.63. The highest BCUT2D eigenvalue weighted by Gasteiger charge is 2.24. The van der Waals surface area contributed by atoms with Gasteiger partial charge < -0.3 is 14.4 Å². The second-order valence-corrected chi connectivity index (χ2v) is 5.02. The fourth-order valence-electron chi connectivity index (χ4n) is 2.21. The van der Waals surface area contributed by atoms with Crippen LogP contribution in [0.2, 0.25) is 0 Å². The van der Waals surface area contributed by atoms with Gasteiger partial charge in [-0.05, 0) is 19.5 Å². The van der Waals surface area contributed by atoms with Crippen LogP contribution in [0.4, 0.5) is 0 Å². The van der Waals surface area contributed by atoms with Crippen molar-refractivity contribution in [2.45, 2.75) is 33.2 Å². The van der Waals surface area contributed by atoms with E-state index in [1.807, 2.05) is 6.07 Å². The maximum Gasteiger partial charge on any atom is 0.0947 e. The van der Waals surface area contributed by atoms with Gasteiger partial charge in [-0.1, -0.05) is 20.3 Å². The number of hydrogen-bond donors (Lipinski definition) is 1. The quantitative estimate of drug-likeness (QED) is 0.774. The van der Waals surface area contributed by atoms with Gasteiger partial charge in [0.1, 0.15) is 0 Å². The van der Waals surface area contributed by atoms with Crippen molar-refractivity contribution in [2.75, 3.05) is 20.2 Å². The summed E-state index contributed by atoms with van der Waals surface area (Å²) in [6.45, 7) is 6.32. The highest BCUT2D eigenvalue weighted by molar-refractivity contribution is 5.04. The molecule has 0 saturated carbocycles. The summed E-state index contributed by atoms with van der Waals surface area (Å²) in [7, 11) is 2.08. The predicted octanol–water partition coefficient (Wildman–Crippen LogP) is 2.51. The van der Waals surface area contributed by atoms with E-state index in [1.165, 1.54) is 5.56 Å². The first-order valence-corrected chi connectivity index (χ1v) is 5.90. The zero-order valence-electron chi connectivity index (χ0n) is 10.6. The molecule has 0 aliphatic heterocycles. The minimum absolute atomic E-state index is 0.00718. The van der Waals surface area contributed by atoms with E-state index >= 15 is 0 Å². The number of furan rings is 1. The summed E-state index contributed by atoms with van der Waals surface area (Å²) in [5.41, 5.74) is 1.19. The van der Waals surface area contributed by atoms with Crippen LogP contribution in [0.15, 0.2) is 23.0 Å². The van der Waals surface area contributed by atoms with Crippen molar-refractivity contribution in [2.24, 2.45) is 5.41 Å². The molecule has 0 aliphatic rings. The molecule has 1 aromatic heterocycles. The second-order valence-electron chi connectivity index (χ2n) is 5.02. The Morgan fingerprint density at radius 3 is 2.75 bits per heavy atom. The number of rotatable bonds is 7. The lowest BCUT2D eigenvalue weighted by Gasteiger charge is -2.31. The average molecular weight is 225 g/mol. The summed E-state index contributed by atoms with van der Waals surface area (Å²) >= 11 is 0. The molecule has 0 aromatic carbocycles. The number of aliphatic hydroxyl groups excluding tert-OH is 1. The fraction of sp³-hybridized carbons (Fsp3) is 0.692. The van der Waals surface area contributed by atoms with E-state index in [0.29, 0.717) is 0 Å². The Morgan fingerprint density at radius 1 is 1.50 bits per heavy atom. The lowest BCUT2D eigenvalue weighted by atomic mass is 9.86. The van der Waals surface area contributed by atoms with Crippen LogP contribution in [-0.4, -0.2) is 30.2 Å². The van der Waals surface area contributed by atoms with Crippen molar-refractivity contribution in [1.29, 1.82) is 0 Å². The molecule has 1 unspecified atom stereocenters. The van der Waals surface area contributed by atoms with E-state index in [2.05, 4.69) is 25.8 Å². The smallest absolute Gasteiger partial charge is 0.0947 e. The van der Waals surface area contributed by atoms with Gasteiger partial charge >= 0.3 is 0 Å². The van der Waals surface area contributed by atoms with Crippen molar-refractivity contribution in [1.82, 2.24) is 4.90 Å². The summed E-state index contributed by atoms with van der Waals surface area (Å²) in [6, 6.07) is 1.98. The Balaban J connectivity index is 2.45. The van der Waals surface area contributed by atoms with Gasteiger partial charge in [0.25, 0.3) is 0 Å². The molecule has 3 nitrogen and oxygen atoms in total. The van der Waals surface area contributed by atoms with Crippen LogP contribution in [0.25, 0.3) is 0 Å². The SMILES string of the molecule is CCCC(C)(CO)CN(C)Cc1ccoc1. The average Bonchev–Trinajstić information content (AvgIpc) is 2.70. The van der Waals surface area contributed by atoms with Crippen LogP contribution in [0.5, 0.6) is 0 Å². The fourth-order valence-corrected chi connectivity index (χ4v) is 2.21. The van der Waals surface area contributed by atoms with E-state index in [1.54, 1.807) is 12.5 Å². The first-order chi connectivity index (χ1) is 7.59. The summed E-state index contributed by atoms with van der Waals surface area (Å²) in [5.74, 6) is 0. The molecule has 1 rings (SSSR count). The molecule has 1 heterocycles. The summed E-state index contributed by atoms with van der Waals surface area (Å²) in [5, 5.41) is 9.45. The lowest BCUT2D eigenvalue weighted by Crippen LogP contribution is -2.35. The lowest BCUT2D eigenvalue weighted by molar-refractivity contribution is 0.0878. The van der Waals surface area contributed by atoms with Crippen molar-refractivity contribution < 1.29 is 9.52 Å². The van der Waals surface area contributed by atoms with Crippen LogP contribution in [0, 0.1) is 5.41 Å². The normalized spacial score (nSPS) is 15.3. The Bertz CT molecular complexity index is 284. The monoisotopic (exact) mass is 225 g/mol. The molecule has 92 valence electrons. The van der Waals surface area contributed by atoms with E-state index in [-0.39, 0.29) is 12.0 Å². The number of hydrogen-bond acceptors (Lipinski definition) is 3. The van der Waals surface area contributed by atoms with Gasteiger partial charge in [-0.3, -0.25) is 0 Å². The molecule has 1 aromatic rings. The maximum atomic E-state index is 9.45. The summed E-state index contributed by atoms with van der Waals surface area (Å²) in [4.78, 5) is 2.23. The largest absolute Gasteiger partial charge is 0.472 e. The third kappa shape index (κ3) is 3.99. The highest BCUT2D eigenvalue weighted by Crippen LogP contribution is 2.24. The maximum absolute atomic E-state index is 9.45. The Kier molecular flexibility index (Phi) is 5.03. The van der Waals surface area contributed by atoms with Gasteiger partial charge in [-0.15, -0.1) is 0 Å². The van der Waals surface area contributed by atoms with Crippen molar-refractivity contribution in [3.63, 3.8) is 0 Å². The van der Waals surface area contributed by atoms with Gasteiger partial charge in [0.2, 0.25) is 0 Å². The zero-order valence-corrected chi connectivity index (χ0v) is 10.6. The van der Waals surface area contributed by atoms with Gasteiger partial charge in [0.15, 0.2) is 0 Å². The molecule has 1 atom stereocenters. The van der Waals surface area contributed by atoms with Crippen LogP contribution in [-0.2, 0) is 6.54 Å². The van der Waals surface area contributed by atoms with Gasteiger partial charge in [0.05, 0.1) is 12.5 Å². The van der Waals surface area contributed by atoms with E-state index in [4.69, 9.17) is 4.42 Å². The van der Waals surface area contributed by atoms with Crippen molar-refractivity contribution in [3.05, 3.63) is 24.2 Å². The minimum Gasteiger partial charge on any atom is -0.472 e. The summed E-state index contributed by atoms with van der Waals surface area (Å²) < 4.78 is 5.04. The molecular weight excluding hydrogens is 202 g/mol. The van der Waals surface area contributed by atoms with E-state index in [9.17, 15) is 5.11 Å². The third-order valence-electron chi connectivity index (χ3n) is 2.92. The van der Waals surface area contributed by atoms with Gasteiger partial charge in [0, 0.05) is 30.7 Å². The standard InChI is InChI=1S/C13H23NO2/c1-4-6-13(2,11-15)10-14(3)8-12-5-7-16-9-12/h5,7,9,15H,4,6,8,10-11H2,1-3H3. The number of nitrogens with zero attached hydrogens (tertiary/aromatic N) is 1. The molecule has 3 heteroatoms. The first-order valence-electron chi connectivity index (χ1n) is 5.90. The third-order valence-corrected chi connectivity index (χ3v) is 2.92. The van der Waals surface area contributed by atoms with Crippen LogP contribution < -0.4 is 0 Å². The van der Waals surface area contributed by atoms with E-state index in [0.717, 1.165) is 25.9 Å². The Labute approximate surface area is 98.1 Å². The molecule has 0 bridgehead atoms. The van der Waals surface area contributed by atoms with Crippen LogP contribution in [0.3, 0.4) is 0 Å². The molecule has 0 spiro atoms. The van der Waals surface area contributed by atoms with Crippen LogP contribution >= 0.6 is 0 Å².